The first-order chi connectivity index (χ1) is 6.97. The molecule has 3 heteroatoms. The van der Waals surface area contributed by atoms with Gasteiger partial charge in [-0.1, -0.05) is 27.7 Å². The Morgan fingerprint density at radius 3 is 1.93 bits per heavy atom. The summed E-state index contributed by atoms with van der Waals surface area (Å²) in [5, 5.41) is 2.96. The molecular weight excluding hydrogens is 190 g/mol. The molecule has 1 N–H and O–H groups in total. The molecule has 0 bridgehead atoms. The number of esters is 1. The monoisotopic (exact) mass is 217 g/mol. The average Bonchev–Trinajstić information content (AvgIpc) is 2.15. The molecule has 0 aromatic heterocycles. The van der Waals surface area contributed by atoms with E-state index in [4.69, 9.17) is 4.74 Å². The van der Waals surface area contributed by atoms with Crippen molar-refractivity contribution in [2.45, 2.75) is 60.1 Å². The van der Waals surface area contributed by atoms with E-state index in [-0.39, 0.29) is 18.1 Å². The van der Waals surface area contributed by atoms with Crippen LogP contribution in [-0.4, -0.2) is 25.2 Å². The zero-order valence-corrected chi connectivity index (χ0v) is 11.3. The average molecular weight is 217 g/mol. The number of likely N-dealkylation sites (N-methyl/N-ethyl adjacent to an activating group) is 1. The summed E-state index contributed by atoms with van der Waals surface area (Å²) in [5.41, 5.74) is 0. The summed E-state index contributed by atoms with van der Waals surface area (Å²) in [5.74, 6) is 0.350. The third-order valence-corrected chi connectivity index (χ3v) is 1.69. The summed E-state index contributed by atoms with van der Waals surface area (Å²) in [6.45, 7) is 11.9. The highest BCUT2D eigenvalue weighted by atomic mass is 16.5. The standard InChI is InChI=1S/C10H21NO2.C2H6/c1-7(2)6-9(11-5)10(12)13-8(3)4;1-2/h7-9,11H,6H2,1-5H3;1-2H3. The Bertz CT molecular complexity index is 156. The molecular formula is C12H27NO2. The van der Waals surface area contributed by atoms with Crippen LogP contribution >= 0.6 is 0 Å². The summed E-state index contributed by atoms with van der Waals surface area (Å²) in [6.07, 6.45) is 0.790. The van der Waals surface area contributed by atoms with E-state index >= 15 is 0 Å². The zero-order chi connectivity index (χ0) is 12.4. The lowest BCUT2D eigenvalue weighted by Crippen LogP contribution is -2.37. The second kappa shape index (κ2) is 9.97. The lowest BCUT2D eigenvalue weighted by Gasteiger charge is -2.18. The van der Waals surface area contributed by atoms with Crippen molar-refractivity contribution < 1.29 is 9.53 Å². The van der Waals surface area contributed by atoms with Gasteiger partial charge >= 0.3 is 5.97 Å². The highest BCUT2D eigenvalue weighted by Crippen LogP contribution is 2.06. The van der Waals surface area contributed by atoms with Crippen LogP contribution in [0.15, 0.2) is 0 Å². The van der Waals surface area contributed by atoms with Crippen molar-refractivity contribution in [3.05, 3.63) is 0 Å². The molecule has 0 saturated carbocycles. The van der Waals surface area contributed by atoms with Crippen LogP contribution in [0.1, 0.15) is 48.0 Å². The highest BCUT2D eigenvalue weighted by molar-refractivity contribution is 5.75. The number of carbonyl (C=O) groups excluding carboxylic acids is 1. The van der Waals surface area contributed by atoms with Crippen molar-refractivity contribution >= 4 is 5.97 Å². The Morgan fingerprint density at radius 2 is 1.67 bits per heavy atom. The van der Waals surface area contributed by atoms with Crippen molar-refractivity contribution in [2.24, 2.45) is 5.92 Å². The van der Waals surface area contributed by atoms with Crippen LogP contribution in [0.25, 0.3) is 0 Å². The summed E-state index contributed by atoms with van der Waals surface area (Å²) < 4.78 is 5.10. The molecule has 0 aromatic carbocycles. The van der Waals surface area contributed by atoms with E-state index in [2.05, 4.69) is 19.2 Å². The third kappa shape index (κ3) is 9.73. The normalized spacial score (nSPS) is 12.1. The maximum Gasteiger partial charge on any atom is 0.323 e. The summed E-state index contributed by atoms with van der Waals surface area (Å²) in [7, 11) is 1.79. The minimum Gasteiger partial charge on any atom is -0.462 e. The lowest BCUT2D eigenvalue weighted by atomic mass is 10.0. The zero-order valence-electron chi connectivity index (χ0n) is 11.3. The molecule has 0 rings (SSSR count). The van der Waals surface area contributed by atoms with Gasteiger partial charge in [-0.05, 0) is 33.2 Å². The van der Waals surface area contributed by atoms with E-state index in [1.807, 2.05) is 27.7 Å². The summed E-state index contributed by atoms with van der Waals surface area (Å²) >= 11 is 0. The van der Waals surface area contributed by atoms with Crippen LogP contribution in [-0.2, 0) is 9.53 Å². The molecule has 0 radical (unpaired) electrons. The summed E-state index contributed by atoms with van der Waals surface area (Å²) in [6, 6.07) is -0.164. The van der Waals surface area contributed by atoms with Crippen LogP contribution in [0.5, 0.6) is 0 Å². The van der Waals surface area contributed by atoms with Gasteiger partial charge in [0.15, 0.2) is 0 Å². The predicted molar refractivity (Wildman–Crippen MR) is 64.9 cm³/mol. The van der Waals surface area contributed by atoms with Crippen LogP contribution in [0.3, 0.4) is 0 Å². The van der Waals surface area contributed by atoms with Gasteiger partial charge in [0.2, 0.25) is 0 Å². The van der Waals surface area contributed by atoms with Crippen molar-refractivity contribution in [1.29, 1.82) is 0 Å². The van der Waals surface area contributed by atoms with E-state index in [0.717, 1.165) is 6.42 Å². The van der Waals surface area contributed by atoms with Crippen molar-refractivity contribution in [3.8, 4) is 0 Å². The van der Waals surface area contributed by atoms with Crippen LogP contribution in [0.4, 0.5) is 0 Å². The maximum atomic E-state index is 11.4. The van der Waals surface area contributed by atoms with Gasteiger partial charge < -0.3 is 10.1 Å². The fraction of sp³-hybridized carbons (Fsp3) is 0.917. The number of hydrogen-bond donors (Lipinski definition) is 1. The van der Waals surface area contributed by atoms with Gasteiger partial charge in [-0.15, -0.1) is 0 Å². The van der Waals surface area contributed by atoms with Crippen molar-refractivity contribution in [1.82, 2.24) is 5.32 Å². The van der Waals surface area contributed by atoms with E-state index < -0.39 is 0 Å². The number of carbonyl (C=O) groups is 1. The molecule has 0 spiro atoms. The maximum absolute atomic E-state index is 11.4. The molecule has 0 aliphatic rings. The van der Waals surface area contributed by atoms with Crippen LogP contribution in [0, 0.1) is 5.92 Å². The number of rotatable bonds is 5. The smallest absolute Gasteiger partial charge is 0.323 e. The van der Waals surface area contributed by atoms with Crippen LogP contribution < -0.4 is 5.32 Å². The first kappa shape index (κ1) is 16.8. The largest absolute Gasteiger partial charge is 0.462 e. The Balaban J connectivity index is 0. The van der Waals surface area contributed by atoms with Gasteiger partial charge in [0.1, 0.15) is 6.04 Å². The Labute approximate surface area is 94.6 Å². The SMILES string of the molecule is CC.CNC(CC(C)C)C(=O)OC(C)C. The Morgan fingerprint density at radius 1 is 1.20 bits per heavy atom. The Hall–Kier alpha value is -0.570. The van der Waals surface area contributed by atoms with E-state index in [1.165, 1.54) is 0 Å². The first-order valence-electron chi connectivity index (χ1n) is 5.85. The molecule has 0 amide bonds. The highest BCUT2D eigenvalue weighted by Gasteiger charge is 2.19. The second-order valence-electron chi connectivity index (χ2n) is 3.96. The molecule has 0 aromatic rings. The molecule has 0 heterocycles. The van der Waals surface area contributed by atoms with Crippen LogP contribution in [0.2, 0.25) is 0 Å². The van der Waals surface area contributed by atoms with Gasteiger partial charge in [0.05, 0.1) is 6.10 Å². The predicted octanol–water partition coefficient (Wildman–Crippen LogP) is 2.60. The topological polar surface area (TPSA) is 38.3 Å². The minimum absolute atomic E-state index is 0.0319. The van der Waals surface area contributed by atoms with Gasteiger partial charge in [0, 0.05) is 0 Å². The van der Waals surface area contributed by atoms with Crippen molar-refractivity contribution in [3.63, 3.8) is 0 Å². The van der Waals surface area contributed by atoms with Gasteiger partial charge in [-0.3, -0.25) is 4.79 Å². The molecule has 3 nitrogen and oxygen atoms in total. The molecule has 15 heavy (non-hydrogen) atoms. The fourth-order valence-corrected chi connectivity index (χ4v) is 1.12. The molecule has 92 valence electrons. The van der Waals surface area contributed by atoms with Gasteiger partial charge in [0.25, 0.3) is 0 Å². The minimum atomic E-state index is -0.164. The quantitative estimate of drug-likeness (QED) is 0.719. The molecule has 0 fully saturated rings. The lowest BCUT2D eigenvalue weighted by molar-refractivity contribution is -0.150. The third-order valence-electron chi connectivity index (χ3n) is 1.69. The van der Waals surface area contributed by atoms with Gasteiger partial charge in [-0.25, -0.2) is 0 Å². The molecule has 0 aliphatic heterocycles. The molecule has 0 aliphatic carbocycles. The number of ether oxygens (including phenoxy) is 1. The molecule has 0 saturated heterocycles. The summed E-state index contributed by atoms with van der Waals surface area (Å²) in [4.78, 5) is 11.4. The Kier molecular flexibility index (Phi) is 11.2. The second-order valence-corrected chi connectivity index (χ2v) is 3.96. The number of hydrogen-bond acceptors (Lipinski definition) is 3. The van der Waals surface area contributed by atoms with E-state index in [0.29, 0.717) is 5.92 Å². The van der Waals surface area contributed by atoms with Gasteiger partial charge in [-0.2, -0.15) is 0 Å². The first-order valence-corrected chi connectivity index (χ1v) is 5.85. The molecule has 1 unspecified atom stereocenters. The van der Waals surface area contributed by atoms with Crippen molar-refractivity contribution in [2.75, 3.05) is 7.05 Å². The van der Waals surface area contributed by atoms with E-state index in [9.17, 15) is 4.79 Å². The fourth-order valence-electron chi connectivity index (χ4n) is 1.12. The van der Waals surface area contributed by atoms with E-state index in [1.54, 1.807) is 7.05 Å². The molecule has 1 atom stereocenters. The number of nitrogens with one attached hydrogen (secondary N) is 1.